The Bertz CT molecular complexity index is 228. The molecule has 0 spiro atoms. The topological polar surface area (TPSA) is 18.5 Å². The molecule has 18 heavy (non-hydrogen) atoms. The predicted octanol–water partition coefficient (Wildman–Crippen LogP) is 2.04. The third kappa shape index (κ3) is 4.87. The van der Waals surface area contributed by atoms with Gasteiger partial charge in [-0.15, -0.1) is 0 Å². The number of piperazine rings is 1. The molecule has 1 fully saturated rings. The predicted molar refractivity (Wildman–Crippen MR) is 80.1 cm³/mol. The van der Waals surface area contributed by atoms with Crippen LogP contribution in [0, 0.1) is 5.41 Å². The van der Waals surface area contributed by atoms with E-state index in [2.05, 4.69) is 56.8 Å². The SMILES string of the molecule is CCCNCC(C)(C)CN1CC(C)N(C)C(C)C1. The van der Waals surface area contributed by atoms with Gasteiger partial charge in [-0.3, -0.25) is 9.80 Å². The Morgan fingerprint density at radius 3 is 2.22 bits per heavy atom. The largest absolute Gasteiger partial charge is 0.316 e. The van der Waals surface area contributed by atoms with E-state index in [1.165, 1.54) is 26.1 Å². The van der Waals surface area contributed by atoms with E-state index in [1.807, 2.05) is 0 Å². The Labute approximate surface area is 114 Å². The van der Waals surface area contributed by atoms with Gasteiger partial charge in [-0.2, -0.15) is 0 Å². The van der Waals surface area contributed by atoms with Gasteiger partial charge in [0.1, 0.15) is 0 Å². The Kier molecular flexibility index (Phi) is 6.09. The van der Waals surface area contributed by atoms with Crippen LogP contribution in [0.3, 0.4) is 0 Å². The van der Waals surface area contributed by atoms with Gasteiger partial charge in [0.15, 0.2) is 0 Å². The molecule has 0 amide bonds. The maximum atomic E-state index is 3.56. The molecule has 2 atom stereocenters. The van der Waals surface area contributed by atoms with Gasteiger partial charge in [0.05, 0.1) is 0 Å². The van der Waals surface area contributed by atoms with Gasteiger partial charge < -0.3 is 5.32 Å². The van der Waals surface area contributed by atoms with Gasteiger partial charge in [-0.1, -0.05) is 20.8 Å². The zero-order valence-corrected chi connectivity index (χ0v) is 13.3. The van der Waals surface area contributed by atoms with Crippen molar-refractivity contribution in [2.45, 2.75) is 53.1 Å². The van der Waals surface area contributed by atoms with Crippen molar-refractivity contribution in [1.29, 1.82) is 0 Å². The van der Waals surface area contributed by atoms with Crippen LogP contribution in [0.5, 0.6) is 0 Å². The van der Waals surface area contributed by atoms with Crippen molar-refractivity contribution in [3.8, 4) is 0 Å². The van der Waals surface area contributed by atoms with Crippen LogP contribution >= 0.6 is 0 Å². The van der Waals surface area contributed by atoms with Crippen molar-refractivity contribution in [1.82, 2.24) is 15.1 Å². The molecule has 0 aromatic carbocycles. The maximum absolute atomic E-state index is 3.56. The van der Waals surface area contributed by atoms with Crippen molar-refractivity contribution >= 4 is 0 Å². The molecule has 3 heteroatoms. The summed E-state index contributed by atoms with van der Waals surface area (Å²) in [5.74, 6) is 0. The van der Waals surface area contributed by atoms with Crippen molar-refractivity contribution in [3.05, 3.63) is 0 Å². The number of likely N-dealkylation sites (N-methyl/N-ethyl adjacent to an activating group) is 1. The molecule has 0 bridgehead atoms. The Morgan fingerprint density at radius 2 is 1.72 bits per heavy atom. The summed E-state index contributed by atoms with van der Waals surface area (Å²) in [6.45, 7) is 17.5. The first kappa shape index (κ1) is 15.9. The Hall–Kier alpha value is -0.120. The fourth-order valence-electron chi connectivity index (χ4n) is 2.91. The van der Waals surface area contributed by atoms with E-state index in [0.29, 0.717) is 17.5 Å². The first-order chi connectivity index (χ1) is 8.35. The monoisotopic (exact) mass is 255 g/mol. The molecule has 0 aromatic rings. The summed E-state index contributed by atoms with van der Waals surface area (Å²) in [5, 5.41) is 3.56. The van der Waals surface area contributed by atoms with Crippen molar-refractivity contribution < 1.29 is 0 Å². The number of hydrogen-bond acceptors (Lipinski definition) is 3. The fourth-order valence-corrected chi connectivity index (χ4v) is 2.91. The van der Waals surface area contributed by atoms with Crippen LogP contribution in [0.4, 0.5) is 0 Å². The van der Waals surface area contributed by atoms with Crippen LogP contribution in [-0.2, 0) is 0 Å². The molecule has 0 aliphatic carbocycles. The fraction of sp³-hybridized carbons (Fsp3) is 1.00. The molecule has 108 valence electrons. The quantitative estimate of drug-likeness (QED) is 0.733. The molecule has 3 nitrogen and oxygen atoms in total. The summed E-state index contributed by atoms with van der Waals surface area (Å²) in [5.41, 5.74) is 0.366. The van der Waals surface area contributed by atoms with E-state index in [1.54, 1.807) is 0 Å². The zero-order chi connectivity index (χ0) is 13.8. The molecular formula is C15H33N3. The summed E-state index contributed by atoms with van der Waals surface area (Å²) < 4.78 is 0. The molecule has 1 saturated heterocycles. The number of nitrogens with one attached hydrogen (secondary N) is 1. The van der Waals surface area contributed by atoms with Crippen LogP contribution in [0.25, 0.3) is 0 Å². The van der Waals surface area contributed by atoms with Crippen LogP contribution in [0.15, 0.2) is 0 Å². The average molecular weight is 255 g/mol. The van der Waals surface area contributed by atoms with Crippen LogP contribution in [0.1, 0.15) is 41.0 Å². The average Bonchev–Trinajstić information content (AvgIpc) is 2.25. The van der Waals surface area contributed by atoms with E-state index >= 15 is 0 Å². The van der Waals surface area contributed by atoms with Gasteiger partial charge in [-0.25, -0.2) is 0 Å². The highest BCUT2D eigenvalue weighted by atomic mass is 15.3. The van der Waals surface area contributed by atoms with E-state index < -0.39 is 0 Å². The smallest absolute Gasteiger partial charge is 0.0195 e. The van der Waals surface area contributed by atoms with E-state index in [0.717, 1.165) is 13.1 Å². The normalized spacial score (nSPS) is 27.7. The molecule has 1 aliphatic rings. The molecule has 0 aromatic heterocycles. The summed E-state index contributed by atoms with van der Waals surface area (Å²) >= 11 is 0. The minimum Gasteiger partial charge on any atom is -0.316 e. The third-order valence-electron chi connectivity index (χ3n) is 4.12. The lowest BCUT2D eigenvalue weighted by molar-refractivity contribution is 0.0383. The molecule has 1 N–H and O–H groups in total. The second-order valence-electron chi connectivity index (χ2n) is 6.90. The van der Waals surface area contributed by atoms with Gasteiger partial charge in [0.25, 0.3) is 0 Å². The molecule has 1 heterocycles. The lowest BCUT2D eigenvalue weighted by Gasteiger charge is -2.45. The summed E-state index contributed by atoms with van der Waals surface area (Å²) in [4.78, 5) is 5.14. The zero-order valence-electron chi connectivity index (χ0n) is 13.3. The van der Waals surface area contributed by atoms with Crippen LogP contribution in [0.2, 0.25) is 0 Å². The van der Waals surface area contributed by atoms with Gasteiger partial charge in [0, 0.05) is 38.3 Å². The number of hydrogen-bond donors (Lipinski definition) is 1. The minimum absolute atomic E-state index is 0.366. The molecule has 1 aliphatic heterocycles. The Morgan fingerprint density at radius 1 is 1.17 bits per heavy atom. The first-order valence-corrected chi connectivity index (χ1v) is 7.50. The number of rotatable bonds is 6. The highest BCUT2D eigenvalue weighted by Crippen LogP contribution is 2.20. The van der Waals surface area contributed by atoms with Crippen molar-refractivity contribution in [3.63, 3.8) is 0 Å². The molecule has 0 saturated carbocycles. The highest BCUT2D eigenvalue weighted by Gasteiger charge is 2.30. The van der Waals surface area contributed by atoms with E-state index in [-0.39, 0.29) is 0 Å². The van der Waals surface area contributed by atoms with Gasteiger partial charge >= 0.3 is 0 Å². The Balaban J connectivity index is 2.41. The lowest BCUT2D eigenvalue weighted by atomic mass is 9.91. The highest BCUT2D eigenvalue weighted by molar-refractivity contribution is 4.86. The molecular weight excluding hydrogens is 222 g/mol. The number of nitrogens with zero attached hydrogens (tertiary/aromatic N) is 2. The standard InChI is InChI=1S/C15H33N3/c1-7-8-16-11-15(4,5)12-18-9-13(2)17(6)14(3)10-18/h13-14,16H,7-12H2,1-6H3. The first-order valence-electron chi connectivity index (χ1n) is 7.50. The van der Waals surface area contributed by atoms with Gasteiger partial charge in [0.2, 0.25) is 0 Å². The van der Waals surface area contributed by atoms with Crippen LogP contribution in [-0.4, -0.2) is 61.7 Å². The molecule has 2 unspecified atom stereocenters. The summed E-state index contributed by atoms with van der Waals surface area (Å²) in [7, 11) is 2.25. The van der Waals surface area contributed by atoms with Crippen molar-refractivity contribution in [2.24, 2.45) is 5.41 Å². The van der Waals surface area contributed by atoms with Gasteiger partial charge in [-0.05, 0) is 39.3 Å². The molecule has 1 rings (SSSR count). The lowest BCUT2D eigenvalue weighted by Crippen LogP contribution is -2.57. The van der Waals surface area contributed by atoms with E-state index in [4.69, 9.17) is 0 Å². The second-order valence-corrected chi connectivity index (χ2v) is 6.90. The summed E-state index contributed by atoms with van der Waals surface area (Å²) in [6.07, 6.45) is 1.22. The maximum Gasteiger partial charge on any atom is 0.0195 e. The van der Waals surface area contributed by atoms with Crippen LogP contribution < -0.4 is 5.32 Å². The van der Waals surface area contributed by atoms with Crippen molar-refractivity contribution in [2.75, 3.05) is 39.8 Å². The van der Waals surface area contributed by atoms with E-state index in [9.17, 15) is 0 Å². The summed E-state index contributed by atoms with van der Waals surface area (Å²) in [6, 6.07) is 1.35. The minimum atomic E-state index is 0.366. The second kappa shape index (κ2) is 6.88. The third-order valence-corrected chi connectivity index (χ3v) is 4.12. The molecule has 0 radical (unpaired) electrons.